The quantitative estimate of drug-likeness (QED) is 0.0150. The number of imide groups is 1. The molecule has 0 radical (unpaired) electrons. The van der Waals surface area contributed by atoms with E-state index in [4.69, 9.17) is 37.9 Å². The van der Waals surface area contributed by atoms with Crippen molar-refractivity contribution in [2.24, 2.45) is 11.8 Å². The molecule has 5 atom stereocenters. The van der Waals surface area contributed by atoms with Crippen molar-refractivity contribution in [2.75, 3.05) is 39.5 Å². The van der Waals surface area contributed by atoms with Crippen LogP contribution >= 0.6 is 0 Å². The summed E-state index contributed by atoms with van der Waals surface area (Å²) in [6.07, 6.45) is 6.79. The van der Waals surface area contributed by atoms with E-state index in [0.29, 0.717) is 81.6 Å². The zero-order chi connectivity index (χ0) is 67.0. The predicted molar refractivity (Wildman–Crippen MR) is 362 cm³/mol. The summed E-state index contributed by atoms with van der Waals surface area (Å²) in [6.45, 7) is 1.17. The number of para-hydroxylation sites is 4. The first-order valence-corrected chi connectivity index (χ1v) is 34.2. The third-order valence-corrected chi connectivity index (χ3v) is 19.7. The number of aliphatic hydroxyl groups excluding tert-OH is 1. The molecule has 2 aliphatic carbocycles. The summed E-state index contributed by atoms with van der Waals surface area (Å²) in [4.78, 5) is 107. The monoisotopic (exact) mass is 1320 g/mol. The van der Waals surface area contributed by atoms with Crippen LogP contribution < -0.4 is 29.6 Å². The highest BCUT2D eigenvalue weighted by atomic mass is 16.6. The van der Waals surface area contributed by atoms with Gasteiger partial charge in [-0.1, -0.05) is 137 Å². The summed E-state index contributed by atoms with van der Waals surface area (Å²) in [5.41, 5.74) is 0.266. The van der Waals surface area contributed by atoms with E-state index in [1.807, 2.05) is 36.4 Å². The molecule has 5 unspecified atom stereocenters. The third kappa shape index (κ3) is 13.0. The molecular formula is C78H74N4O16. The highest BCUT2D eigenvalue weighted by Crippen LogP contribution is 2.59. The highest BCUT2D eigenvalue weighted by molar-refractivity contribution is 6.43. The molecule has 0 spiro atoms. The SMILES string of the molecule is O=C(CCOC(=O)C(CC1CCCCC1)N1C(=O)c2cc(Oc3ccccc3)c3c4c(Oc5ccccc5)cc5c6c(cc(Oc7ccccc7)c(c7c(Oc8ccccc8)cc(c2c37)C1=O)c64)C(O)N(C(CC1CCCCC1)C(=O)OCCC(=O)NCC1CO1)C5=O)NCC1CO1. The van der Waals surface area contributed by atoms with E-state index in [9.17, 15) is 24.3 Å². The van der Waals surface area contributed by atoms with Gasteiger partial charge in [-0.2, -0.15) is 0 Å². The topological polar surface area (TPSA) is 251 Å². The Morgan fingerprint density at radius 2 is 0.806 bits per heavy atom. The molecule has 0 bridgehead atoms. The Hall–Kier alpha value is -10.1. The number of hydrogen-bond donors (Lipinski definition) is 3. The number of aliphatic hydroxyl groups is 1. The second-order valence-corrected chi connectivity index (χ2v) is 26.3. The second-order valence-electron chi connectivity index (χ2n) is 26.3. The van der Waals surface area contributed by atoms with Crippen LogP contribution in [0.2, 0.25) is 0 Å². The fraction of sp³-hybridized carbons (Fsp3) is 0.346. The molecule has 4 heterocycles. The number of benzene rings is 9. The normalized spacial score (nSPS) is 18.9. The van der Waals surface area contributed by atoms with Gasteiger partial charge < -0.3 is 53.6 Å². The van der Waals surface area contributed by atoms with Crippen LogP contribution in [0.1, 0.15) is 133 Å². The van der Waals surface area contributed by atoms with Crippen molar-refractivity contribution >= 4 is 84.6 Å². The zero-order valence-corrected chi connectivity index (χ0v) is 54.0. The maximum atomic E-state index is 16.3. The Morgan fingerprint density at radius 3 is 1.20 bits per heavy atom. The van der Waals surface area contributed by atoms with Gasteiger partial charge >= 0.3 is 11.9 Å². The number of rotatable bonds is 26. The van der Waals surface area contributed by atoms with Crippen molar-refractivity contribution in [1.29, 1.82) is 0 Å². The van der Waals surface area contributed by atoms with Gasteiger partial charge in [0, 0.05) is 61.7 Å². The summed E-state index contributed by atoms with van der Waals surface area (Å²) in [5, 5.41) is 21.4. The molecule has 0 aromatic heterocycles. The van der Waals surface area contributed by atoms with Gasteiger partial charge in [-0.3, -0.25) is 33.8 Å². The Morgan fingerprint density at radius 1 is 0.449 bits per heavy atom. The Bertz CT molecular complexity index is 4420. The Balaban J connectivity index is 0.978. The first-order valence-electron chi connectivity index (χ1n) is 34.2. The van der Waals surface area contributed by atoms with Gasteiger partial charge in [0.2, 0.25) is 11.8 Å². The van der Waals surface area contributed by atoms with E-state index in [1.54, 1.807) is 109 Å². The molecule has 15 rings (SSSR count). The lowest BCUT2D eigenvalue weighted by molar-refractivity contribution is -0.155. The molecule has 98 heavy (non-hydrogen) atoms. The lowest BCUT2D eigenvalue weighted by Gasteiger charge is -2.40. The highest BCUT2D eigenvalue weighted by Gasteiger charge is 2.48. The number of carbonyl (C=O) groups is 7. The number of hydrogen-bond acceptors (Lipinski definition) is 16. The molecular weight excluding hydrogens is 1250 g/mol. The van der Waals surface area contributed by atoms with Gasteiger partial charge in [0.25, 0.3) is 17.7 Å². The number of nitrogens with zero attached hydrogens (tertiary/aromatic N) is 2. The second kappa shape index (κ2) is 27.8. The average molecular weight is 1320 g/mol. The molecule has 2 saturated carbocycles. The largest absolute Gasteiger partial charge is 0.464 e. The number of nitrogens with one attached hydrogen (secondary N) is 2. The fourth-order valence-electron chi connectivity index (χ4n) is 14.8. The van der Waals surface area contributed by atoms with Crippen molar-refractivity contribution in [3.8, 4) is 46.0 Å². The van der Waals surface area contributed by atoms with E-state index < -0.39 is 48.0 Å². The number of epoxide rings is 2. The van der Waals surface area contributed by atoms with E-state index in [0.717, 1.165) is 69.1 Å². The van der Waals surface area contributed by atoms with Crippen LogP contribution in [0.3, 0.4) is 0 Å². The van der Waals surface area contributed by atoms with Crippen molar-refractivity contribution in [3.05, 3.63) is 168 Å². The summed E-state index contributed by atoms with van der Waals surface area (Å²) < 4.78 is 51.0. The van der Waals surface area contributed by atoms with E-state index in [1.165, 1.54) is 4.90 Å². The maximum Gasteiger partial charge on any atom is 0.329 e. The molecule has 2 saturated heterocycles. The van der Waals surface area contributed by atoms with Crippen LogP contribution in [0, 0.1) is 11.8 Å². The number of amides is 5. The van der Waals surface area contributed by atoms with Crippen molar-refractivity contribution in [3.63, 3.8) is 0 Å². The minimum atomic E-state index is -1.82. The van der Waals surface area contributed by atoms with Gasteiger partial charge in [-0.05, 0) is 97.5 Å². The molecule has 20 nitrogen and oxygen atoms in total. The minimum absolute atomic E-state index is 0.00985. The van der Waals surface area contributed by atoms with E-state index >= 15 is 14.4 Å². The van der Waals surface area contributed by atoms with Gasteiger partial charge in [0.05, 0.1) is 55.0 Å². The molecule has 9 aromatic rings. The maximum absolute atomic E-state index is 16.3. The molecule has 5 amide bonds. The Labute approximate surface area is 564 Å². The third-order valence-electron chi connectivity index (χ3n) is 19.7. The van der Waals surface area contributed by atoms with Crippen molar-refractivity contribution < 1.29 is 76.6 Å². The molecule has 20 heteroatoms. The van der Waals surface area contributed by atoms with Gasteiger partial charge in [-0.25, -0.2) is 9.59 Å². The lowest BCUT2D eigenvalue weighted by Crippen LogP contribution is -2.52. The zero-order valence-electron chi connectivity index (χ0n) is 54.0. The van der Waals surface area contributed by atoms with Crippen LogP contribution in [-0.4, -0.2) is 120 Å². The number of ether oxygens (including phenoxy) is 8. The first-order chi connectivity index (χ1) is 47.9. The molecule has 6 aliphatic rings. The van der Waals surface area contributed by atoms with Gasteiger partial charge in [0.15, 0.2) is 6.23 Å². The standard InChI is InChI=1S/C78H74N4O16/c83-63(79-41-51-43-93-51)31-33-91-77(89)57(35-45-19-7-1-8-20-45)81-73(85)53-37-59(95-47-23-11-3-12-24-47)67-69-61(97-49-27-15-5-16-28-49)39-55-66-56(76(88)82(75(55)87)58(36-46-21-9-2-10-22-46)78(90)92-34-32-64(84)80-42-52-44-94-52)40-62(98-50-29-17-6-18-30-50)70(72(66)69)68-60(96-48-25-13-4-14-26-48)38-54(74(81)86)65(53)71(67)68/h3-6,11-18,23-30,37-40,45-46,51-52,57-58,73,85H,1-2,7-10,19-22,31-36,41-44H2,(H,79,83)(H,80,84). The van der Waals surface area contributed by atoms with Crippen LogP contribution in [-0.2, 0) is 38.1 Å². The van der Waals surface area contributed by atoms with E-state index in [2.05, 4.69) is 10.6 Å². The van der Waals surface area contributed by atoms with Crippen LogP contribution in [0.4, 0.5) is 0 Å². The Kier molecular flexibility index (Phi) is 18.1. The summed E-state index contributed by atoms with van der Waals surface area (Å²) in [7, 11) is 0. The minimum Gasteiger partial charge on any atom is -0.464 e. The summed E-state index contributed by atoms with van der Waals surface area (Å²) in [5.74, 6) is -2.77. The summed E-state index contributed by atoms with van der Waals surface area (Å²) >= 11 is 0. The predicted octanol–water partition coefficient (Wildman–Crippen LogP) is 13.5. The number of esters is 2. The molecule has 9 aromatic carbocycles. The number of fused-ring (bicyclic) bond motifs is 2. The van der Waals surface area contributed by atoms with Crippen LogP contribution in [0.25, 0.3) is 43.1 Å². The van der Waals surface area contributed by atoms with Crippen molar-refractivity contribution in [2.45, 2.75) is 120 Å². The fourth-order valence-corrected chi connectivity index (χ4v) is 14.8. The molecule has 502 valence electrons. The average Bonchev–Trinajstić information content (AvgIpc) is 1.17. The van der Waals surface area contributed by atoms with Gasteiger partial charge in [-0.15, -0.1) is 0 Å². The first kappa shape index (κ1) is 63.9. The van der Waals surface area contributed by atoms with Crippen molar-refractivity contribution in [1.82, 2.24) is 20.4 Å². The lowest BCUT2D eigenvalue weighted by atomic mass is 9.79. The number of carbonyl (C=O) groups excluding carboxylic acids is 7. The van der Waals surface area contributed by atoms with E-state index in [-0.39, 0.29) is 131 Å². The smallest absolute Gasteiger partial charge is 0.329 e. The van der Waals surface area contributed by atoms with Crippen LogP contribution in [0.15, 0.2) is 146 Å². The summed E-state index contributed by atoms with van der Waals surface area (Å²) in [6, 6.07) is 39.5. The van der Waals surface area contributed by atoms with Gasteiger partial charge in [0.1, 0.15) is 71.3 Å². The molecule has 4 aliphatic heterocycles. The van der Waals surface area contributed by atoms with Crippen LogP contribution in [0.5, 0.6) is 46.0 Å². The molecule has 4 fully saturated rings. The molecule has 3 N–H and O–H groups in total.